The Morgan fingerprint density at radius 3 is 2.42 bits per heavy atom. The average molecular weight is 265 g/mol. The van der Waals surface area contributed by atoms with Crippen molar-refractivity contribution in [3.63, 3.8) is 0 Å². The second-order valence-corrected chi connectivity index (χ2v) is 4.06. The highest BCUT2D eigenvalue weighted by Crippen LogP contribution is 2.30. The number of halogens is 3. The first-order valence-corrected chi connectivity index (χ1v) is 5.53. The van der Waals surface area contributed by atoms with Gasteiger partial charge in [-0.3, -0.25) is 0 Å². The fourth-order valence-corrected chi connectivity index (χ4v) is 1.73. The lowest BCUT2D eigenvalue weighted by Crippen LogP contribution is -2.08. The molecule has 98 valence electrons. The first-order valence-electron chi connectivity index (χ1n) is 5.53. The van der Waals surface area contributed by atoms with Gasteiger partial charge in [0.05, 0.1) is 23.9 Å². The summed E-state index contributed by atoms with van der Waals surface area (Å²) in [6.07, 6.45) is 0.495. The fourth-order valence-electron chi connectivity index (χ4n) is 1.73. The van der Waals surface area contributed by atoms with E-state index in [2.05, 4.69) is 11.1 Å². The van der Waals surface area contributed by atoms with Crippen LogP contribution in [0, 0.1) is 11.3 Å². The van der Waals surface area contributed by atoms with E-state index in [9.17, 15) is 13.2 Å². The maximum Gasteiger partial charge on any atom is 0.416 e. The minimum atomic E-state index is -4.36. The first-order chi connectivity index (χ1) is 9.00. The molecule has 1 heterocycles. The summed E-state index contributed by atoms with van der Waals surface area (Å²) in [4.78, 5) is 3.85. The Labute approximate surface area is 107 Å². The second-order valence-electron chi connectivity index (χ2n) is 4.06. The van der Waals surface area contributed by atoms with Crippen molar-refractivity contribution in [1.29, 1.82) is 5.26 Å². The van der Waals surface area contributed by atoms with Crippen molar-refractivity contribution < 1.29 is 13.2 Å². The van der Waals surface area contributed by atoms with Crippen LogP contribution in [0.1, 0.15) is 17.0 Å². The van der Waals surface area contributed by atoms with E-state index in [1.165, 1.54) is 12.1 Å². The van der Waals surface area contributed by atoms with Crippen LogP contribution >= 0.6 is 0 Å². The van der Waals surface area contributed by atoms with Crippen LogP contribution in [-0.4, -0.2) is 9.55 Å². The molecule has 0 N–H and O–H groups in total. The van der Waals surface area contributed by atoms with Crippen LogP contribution in [-0.2, 0) is 12.7 Å². The molecule has 19 heavy (non-hydrogen) atoms. The third-order valence-corrected chi connectivity index (χ3v) is 2.75. The summed E-state index contributed by atoms with van der Waals surface area (Å²) in [6, 6.07) is 6.75. The quantitative estimate of drug-likeness (QED) is 0.855. The van der Waals surface area contributed by atoms with Crippen LogP contribution in [0.15, 0.2) is 43.0 Å². The SMILES string of the molecule is N#CC(Cn1ccnc1)c1ccc(C(F)(F)F)cc1. The molecule has 0 saturated carbocycles. The van der Waals surface area contributed by atoms with Gasteiger partial charge in [-0.1, -0.05) is 12.1 Å². The fraction of sp³-hybridized carbons (Fsp3) is 0.231. The standard InChI is InChI=1S/C13H10F3N3/c14-13(15,16)12-3-1-10(2-4-12)11(7-17)8-19-6-5-18-9-19/h1-6,9,11H,8H2. The molecule has 0 aliphatic rings. The lowest BCUT2D eigenvalue weighted by atomic mass is 9.99. The Balaban J connectivity index is 2.18. The summed E-state index contributed by atoms with van der Waals surface area (Å²) < 4.78 is 39.0. The van der Waals surface area contributed by atoms with Crippen LogP contribution in [0.25, 0.3) is 0 Å². The lowest BCUT2D eigenvalue weighted by Gasteiger charge is -2.12. The summed E-state index contributed by atoms with van der Waals surface area (Å²) in [5.74, 6) is -0.503. The summed E-state index contributed by atoms with van der Waals surface area (Å²) in [7, 11) is 0. The van der Waals surface area contributed by atoms with E-state index in [0.29, 0.717) is 12.1 Å². The van der Waals surface area contributed by atoms with Gasteiger partial charge < -0.3 is 4.57 Å². The monoisotopic (exact) mass is 265 g/mol. The molecule has 0 aliphatic heterocycles. The summed E-state index contributed by atoms with van der Waals surface area (Å²) >= 11 is 0. The zero-order chi connectivity index (χ0) is 13.9. The van der Waals surface area contributed by atoms with Crippen molar-refractivity contribution in [2.75, 3.05) is 0 Å². The molecular formula is C13H10F3N3. The van der Waals surface area contributed by atoms with Gasteiger partial charge in [0, 0.05) is 18.9 Å². The van der Waals surface area contributed by atoms with Gasteiger partial charge >= 0.3 is 6.18 Å². The zero-order valence-electron chi connectivity index (χ0n) is 9.80. The Morgan fingerprint density at radius 1 is 1.26 bits per heavy atom. The molecule has 1 aromatic carbocycles. The van der Waals surface area contributed by atoms with Gasteiger partial charge in [-0.2, -0.15) is 18.4 Å². The molecule has 0 fully saturated rings. The van der Waals surface area contributed by atoms with Gasteiger partial charge in [0.15, 0.2) is 0 Å². The highest BCUT2D eigenvalue weighted by molar-refractivity contribution is 5.30. The van der Waals surface area contributed by atoms with Gasteiger partial charge in [-0.15, -0.1) is 0 Å². The van der Waals surface area contributed by atoms with E-state index in [1.54, 1.807) is 23.3 Å². The maximum atomic E-state index is 12.4. The largest absolute Gasteiger partial charge is 0.416 e. The minimum Gasteiger partial charge on any atom is -0.336 e. The Kier molecular flexibility index (Phi) is 3.56. The molecular weight excluding hydrogens is 255 g/mol. The van der Waals surface area contributed by atoms with Gasteiger partial charge in [0.25, 0.3) is 0 Å². The zero-order valence-corrected chi connectivity index (χ0v) is 9.80. The molecule has 0 amide bonds. The number of aromatic nitrogens is 2. The predicted molar refractivity (Wildman–Crippen MR) is 62.0 cm³/mol. The van der Waals surface area contributed by atoms with Crippen molar-refractivity contribution >= 4 is 0 Å². The molecule has 2 rings (SSSR count). The maximum absolute atomic E-state index is 12.4. The molecule has 0 saturated heterocycles. The number of nitriles is 1. The van der Waals surface area contributed by atoms with E-state index in [4.69, 9.17) is 5.26 Å². The van der Waals surface area contributed by atoms with Crippen LogP contribution < -0.4 is 0 Å². The highest BCUT2D eigenvalue weighted by atomic mass is 19.4. The van der Waals surface area contributed by atoms with E-state index in [0.717, 1.165) is 12.1 Å². The first kappa shape index (κ1) is 13.1. The Bertz CT molecular complexity index is 565. The highest BCUT2D eigenvalue weighted by Gasteiger charge is 2.30. The van der Waals surface area contributed by atoms with Gasteiger partial charge in [-0.05, 0) is 17.7 Å². The molecule has 0 spiro atoms. The van der Waals surface area contributed by atoms with E-state index in [-0.39, 0.29) is 0 Å². The van der Waals surface area contributed by atoms with Crippen molar-refractivity contribution in [1.82, 2.24) is 9.55 Å². The lowest BCUT2D eigenvalue weighted by molar-refractivity contribution is -0.137. The summed E-state index contributed by atoms with van der Waals surface area (Å²) in [5.41, 5.74) is -0.153. The van der Waals surface area contributed by atoms with Crippen LogP contribution in [0.3, 0.4) is 0 Å². The second kappa shape index (κ2) is 5.14. The number of hydrogen-bond acceptors (Lipinski definition) is 2. The molecule has 1 atom stereocenters. The van der Waals surface area contributed by atoms with E-state index < -0.39 is 17.7 Å². The topological polar surface area (TPSA) is 41.6 Å². The van der Waals surface area contributed by atoms with Gasteiger partial charge in [0.1, 0.15) is 0 Å². The number of imidazole rings is 1. The van der Waals surface area contributed by atoms with Crippen LogP contribution in [0.5, 0.6) is 0 Å². The average Bonchev–Trinajstić information content (AvgIpc) is 2.88. The molecule has 1 unspecified atom stereocenters. The number of alkyl halides is 3. The molecule has 0 radical (unpaired) electrons. The molecule has 0 aliphatic carbocycles. The van der Waals surface area contributed by atoms with Crippen LogP contribution in [0.4, 0.5) is 13.2 Å². The molecule has 6 heteroatoms. The Hall–Kier alpha value is -2.29. The van der Waals surface area contributed by atoms with Crippen molar-refractivity contribution in [3.8, 4) is 6.07 Å². The van der Waals surface area contributed by atoms with Gasteiger partial charge in [-0.25, -0.2) is 4.98 Å². The van der Waals surface area contributed by atoms with Crippen molar-refractivity contribution in [2.24, 2.45) is 0 Å². The van der Waals surface area contributed by atoms with E-state index >= 15 is 0 Å². The summed E-state index contributed by atoms with van der Waals surface area (Å²) in [6.45, 7) is 0.363. The minimum absolute atomic E-state index is 0.363. The smallest absolute Gasteiger partial charge is 0.336 e. The number of hydrogen-bond donors (Lipinski definition) is 0. The number of benzene rings is 1. The van der Waals surface area contributed by atoms with Gasteiger partial charge in [0.2, 0.25) is 0 Å². The Morgan fingerprint density at radius 2 is 1.95 bits per heavy atom. The number of nitrogens with zero attached hydrogens (tertiary/aromatic N) is 3. The number of rotatable bonds is 3. The van der Waals surface area contributed by atoms with Crippen LogP contribution in [0.2, 0.25) is 0 Å². The summed E-state index contributed by atoms with van der Waals surface area (Å²) in [5, 5.41) is 9.10. The third kappa shape index (κ3) is 3.13. The molecule has 3 nitrogen and oxygen atoms in total. The van der Waals surface area contributed by atoms with E-state index in [1.807, 2.05) is 0 Å². The molecule has 2 aromatic rings. The van der Waals surface area contributed by atoms with Crippen molar-refractivity contribution in [2.45, 2.75) is 18.6 Å². The molecule has 0 bridgehead atoms. The van der Waals surface area contributed by atoms with Crippen molar-refractivity contribution in [3.05, 3.63) is 54.1 Å². The predicted octanol–water partition coefficient (Wildman–Crippen LogP) is 3.21. The normalized spacial score (nSPS) is 12.9. The molecule has 1 aromatic heterocycles. The third-order valence-electron chi connectivity index (χ3n) is 2.75.